The summed E-state index contributed by atoms with van der Waals surface area (Å²) >= 11 is 0. The fraction of sp³-hybridized carbons (Fsp3) is 0.200. The summed E-state index contributed by atoms with van der Waals surface area (Å²) in [5, 5.41) is 0. The summed E-state index contributed by atoms with van der Waals surface area (Å²) in [6.45, 7) is 1.66. The molecule has 0 saturated heterocycles. The van der Waals surface area contributed by atoms with Crippen molar-refractivity contribution in [3.8, 4) is 11.5 Å². The van der Waals surface area contributed by atoms with Gasteiger partial charge in [0, 0.05) is 0 Å². The van der Waals surface area contributed by atoms with Crippen LogP contribution in [0.15, 0.2) is 52.0 Å². The highest BCUT2D eigenvalue weighted by Gasteiger charge is 2.49. The molecule has 8 nitrogen and oxygen atoms in total. The number of hydrogen-bond acceptors (Lipinski definition) is 7. The third-order valence-corrected chi connectivity index (χ3v) is 6.20. The van der Waals surface area contributed by atoms with Gasteiger partial charge in [-0.25, -0.2) is 22.0 Å². The number of benzene rings is 1. The second kappa shape index (κ2) is 8.19. The zero-order valence-corrected chi connectivity index (χ0v) is 17.7. The van der Waals surface area contributed by atoms with Crippen LogP contribution in [0.4, 0.5) is 13.2 Å². The van der Waals surface area contributed by atoms with Crippen molar-refractivity contribution in [2.45, 2.75) is 18.0 Å². The molecule has 1 aromatic carbocycles. The Balaban J connectivity index is 2.61. The molecule has 0 amide bonds. The average molecular weight is 471 g/mol. The number of halogens is 3. The maximum atomic E-state index is 14.2. The lowest BCUT2D eigenvalue weighted by molar-refractivity contribution is -0.142. The van der Waals surface area contributed by atoms with Gasteiger partial charge in [0.05, 0.1) is 25.4 Å². The minimum absolute atomic E-state index is 0.130. The molecule has 0 aliphatic rings. The Morgan fingerprint density at radius 1 is 0.969 bits per heavy atom. The van der Waals surface area contributed by atoms with Gasteiger partial charge in [0.1, 0.15) is 16.8 Å². The van der Waals surface area contributed by atoms with E-state index < -0.39 is 61.3 Å². The highest BCUT2D eigenvalue weighted by molar-refractivity contribution is 7.90. The Bertz CT molecular complexity index is 1270. The number of nitrogens with zero attached hydrogens (tertiary/aromatic N) is 1. The van der Waals surface area contributed by atoms with E-state index in [-0.39, 0.29) is 3.97 Å². The molecule has 2 heterocycles. The Hall–Kier alpha value is -3.54. The van der Waals surface area contributed by atoms with Crippen molar-refractivity contribution < 1.29 is 45.1 Å². The van der Waals surface area contributed by atoms with Crippen LogP contribution < -0.4 is 0 Å². The molecular weight excluding hydrogens is 455 g/mol. The fourth-order valence-electron chi connectivity index (χ4n) is 3.10. The third-order valence-electron chi connectivity index (χ3n) is 4.49. The lowest BCUT2D eigenvalue weighted by atomic mass is 10.1. The van der Waals surface area contributed by atoms with Crippen molar-refractivity contribution in [3.05, 3.63) is 65.0 Å². The van der Waals surface area contributed by atoms with E-state index in [9.17, 15) is 31.2 Å². The lowest BCUT2D eigenvalue weighted by Crippen LogP contribution is -2.24. The largest absolute Gasteiger partial charge is 0.465 e. The van der Waals surface area contributed by atoms with Gasteiger partial charge in [-0.05, 0) is 31.2 Å². The maximum absolute atomic E-state index is 14.2. The van der Waals surface area contributed by atoms with E-state index in [0.717, 1.165) is 38.7 Å². The van der Waals surface area contributed by atoms with Gasteiger partial charge in [0.25, 0.3) is 10.0 Å². The summed E-state index contributed by atoms with van der Waals surface area (Å²) in [7, 11) is -3.33. The highest BCUT2D eigenvalue weighted by atomic mass is 32.2. The van der Waals surface area contributed by atoms with Crippen LogP contribution in [0.3, 0.4) is 0 Å². The molecule has 0 spiro atoms. The van der Waals surface area contributed by atoms with E-state index >= 15 is 0 Å². The van der Waals surface area contributed by atoms with Gasteiger partial charge in [0.2, 0.25) is 0 Å². The predicted molar refractivity (Wildman–Crippen MR) is 104 cm³/mol. The van der Waals surface area contributed by atoms with Crippen LogP contribution in [0, 0.1) is 6.92 Å². The van der Waals surface area contributed by atoms with Gasteiger partial charge >= 0.3 is 18.1 Å². The highest BCUT2D eigenvalue weighted by Crippen LogP contribution is 2.43. The Morgan fingerprint density at radius 3 is 2.00 bits per heavy atom. The smallest absolute Gasteiger partial charge is 0.433 e. The first-order valence-corrected chi connectivity index (χ1v) is 10.3. The molecule has 12 heteroatoms. The van der Waals surface area contributed by atoms with Gasteiger partial charge in [-0.15, -0.1) is 0 Å². The van der Waals surface area contributed by atoms with E-state index in [0.29, 0.717) is 5.56 Å². The van der Waals surface area contributed by atoms with Crippen molar-refractivity contribution in [1.82, 2.24) is 3.97 Å². The Morgan fingerprint density at radius 2 is 1.53 bits per heavy atom. The number of carbonyl (C=O) groups excluding carboxylic acids is 2. The standard InChI is InChI=1S/C20H16F3NO7S/c1-11-6-8-12(9-7-11)32(27,28)24-16(13-5-4-10-31-13)14(18(25)29-2)15(19(26)30-3)17(24)20(21,22)23/h4-10H,1-3H3. The lowest BCUT2D eigenvalue weighted by Gasteiger charge is -2.16. The molecule has 0 radical (unpaired) electrons. The van der Waals surface area contributed by atoms with Crippen molar-refractivity contribution in [3.63, 3.8) is 0 Å². The van der Waals surface area contributed by atoms with Crippen molar-refractivity contribution >= 4 is 22.0 Å². The van der Waals surface area contributed by atoms with Crippen LogP contribution in [0.1, 0.15) is 32.0 Å². The topological polar surface area (TPSA) is 105 Å². The van der Waals surface area contributed by atoms with E-state index in [1.165, 1.54) is 18.2 Å². The first-order valence-electron chi connectivity index (χ1n) is 8.83. The Kier molecular flexibility index (Phi) is 5.92. The molecule has 0 fully saturated rings. The van der Waals surface area contributed by atoms with Crippen LogP contribution in [-0.4, -0.2) is 38.5 Å². The fourth-order valence-corrected chi connectivity index (χ4v) is 4.65. The number of aryl methyl sites for hydroxylation is 1. The summed E-state index contributed by atoms with van der Waals surface area (Å²) in [5.41, 5.74) is -4.36. The average Bonchev–Trinajstić information content (AvgIpc) is 3.38. The molecule has 0 N–H and O–H groups in total. The summed E-state index contributed by atoms with van der Waals surface area (Å²) in [6.07, 6.45) is -4.33. The van der Waals surface area contributed by atoms with E-state index in [1.807, 2.05) is 0 Å². The number of esters is 2. The second-order valence-electron chi connectivity index (χ2n) is 6.49. The number of furan rings is 1. The molecule has 3 aromatic rings. The minimum Gasteiger partial charge on any atom is -0.465 e. The van der Waals surface area contributed by atoms with Gasteiger partial charge in [-0.3, -0.25) is 0 Å². The molecular formula is C20H16F3NO7S. The summed E-state index contributed by atoms with van der Waals surface area (Å²) in [6, 6.07) is 7.40. The number of carbonyl (C=O) groups is 2. The van der Waals surface area contributed by atoms with Gasteiger partial charge < -0.3 is 13.9 Å². The molecule has 0 unspecified atom stereocenters. The number of rotatable bonds is 5. The van der Waals surface area contributed by atoms with Crippen LogP contribution >= 0.6 is 0 Å². The molecule has 0 bridgehead atoms. The van der Waals surface area contributed by atoms with Gasteiger partial charge in [-0.1, -0.05) is 17.7 Å². The number of alkyl halides is 3. The van der Waals surface area contributed by atoms with Crippen LogP contribution in [-0.2, 0) is 25.7 Å². The normalized spacial score (nSPS) is 11.9. The van der Waals surface area contributed by atoms with Crippen LogP contribution in [0.5, 0.6) is 0 Å². The van der Waals surface area contributed by atoms with E-state index in [1.54, 1.807) is 6.92 Å². The summed E-state index contributed by atoms with van der Waals surface area (Å²) in [4.78, 5) is 24.4. The van der Waals surface area contributed by atoms with Gasteiger partial charge in [0.15, 0.2) is 11.5 Å². The van der Waals surface area contributed by atoms with E-state index in [2.05, 4.69) is 9.47 Å². The molecule has 0 atom stereocenters. The second-order valence-corrected chi connectivity index (χ2v) is 8.27. The van der Waals surface area contributed by atoms with Crippen molar-refractivity contribution in [2.24, 2.45) is 0 Å². The zero-order valence-electron chi connectivity index (χ0n) is 16.9. The predicted octanol–water partition coefficient (Wildman–Crippen LogP) is 3.89. The monoisotopic (exact) mass is 471 g/mol. The molecule has 0 aliphatic heterocycles. The summed E-state index contributed by atoms with van der Waals surface area (Å²) in [5.74, 6) is -3.38. The first-order chi connectivity index (χ1) is 14.9. The molecule has 2 aromatic heterocycles. The summed E-state index contributed by atoms with van der Waals surface area (Å²) < 4.78 is 83.6. The molecule has 0 aliphatic carbocycles. The quantitative estimate of drug-likeness (QED) is 0.520. The number of methoxy groups -OCH3 is 2. The number of hydrogen-bond donors (Lipinski definition) is 0. The first kappa shape index (κ1) is 23.1. The van der Waals surface area contributed by atoms with Crippen molar-refractivity contribution in [2.75, 3.05) is 14.2 Å². The molecule has 32 heavy (non-hydrogen) atoms. The minimum atomic E-state index is -5.39. The SMILES string of the molecule is COC(=O)c1c(C(=O)OC)c(C(F)(F)F)n(S(=O)(=O)c2ccc(C)cc2)c1-c1ccco1. The zero-order chi connectivity index (χ0) is 23.8. The molecule has 3 rings (SSSR count). The van der Waals surface area contributed by atoms with Crippen LogP contribution in [0.25, 0.3) is 11.5 Å². The molecule has 170 valence electrons. The van der Waals surface area contributed by atoms with Gasteiger partial charge in [-0.2, -0.15) is 13.2 Å². The van der Waals surface area contributed by atoms with E-state index in [4.69, 9.17) is 4.42 Å². The number of aromatic nitrogens is 1. The Labute approximate surface area is 180 Å². The number of ether oxygens (including phenoxy) is 2. The van der Waals surface area contributed by atoms with Crippen molar-refractivity contribution in [1.29, 1.82) is 0 Å². The molecule has 0 saturated carbocycles. The maximum Gasteiger partial charge on any atom is 0.433 e. The van der Waals surface area contributed by atoms with Crippen LogP contribution in [0.2, 0.25) is 0 Å². The third kappa shape index (κ3) is 3.77.